The second-order valence-corrected chi connectivity index (χ2v) is 3.04. The minimum atomic E-state index is 0.294. The highest BCUT2D eigenvalue weighted by Crippen LogP contribution is 2.04. The Hall–Kier alpha value is -2.37. The summed E-state index contributed by atoms with van der Waals surface area (Å²) in [6.45, 7) is 0.294. The number of hydrogen-bond donors (Lipinski definition) is 2. The molecule has 0 aliphatic rings. The Kier molecular flexibility index (Phi) is 3.12. The van der Waals surface area contributed by atoms with Crippen molar-refractivity contribution in [3.63, 3.8) is 0 Å². The van der Waals surface area contributed by atoms with E-state index in [9.17, 15) is 0 Å². The van der Waals surface area contributed by atoms with E-state index >= 15 is 0 Å². The van der Waals surface area contributed by atoms with Gasteiger partial charge in [-0.05, 0) is 12.1 Å². The average molecular weight is 217 g/mol. The van der Waals surface area contributed by atoms with Crippen molar-refractivity contribution in [1.29, 1.82) is 0 Å². The van der Waals surface area contributed by atoms with Crippen molar-refractivity contribution in [2.75, 3.05) is 5.32 Å². The Morgan fingerprint density at radius 2 is 2.19 bits per heavy atom. The molecule has 0 radical (unpaired) electrons. The Morgan fingerprint density at radius 3 is 2.88 bits per heavy atom. The molecule has 82 valence electrons. The Morgan fingerprint density at radius 1 is 1.38 bits per heavy atom. The van der Waals surface area contributed by atoms with Gasteiger partial charge in [0, 0.05) is 5.69 Å². The van der Waals surface area contributed by atoms with Crippen LogP contribution in [0.1, 0.15) is 5.82 Å². The second kappa shape index (κ2) is 4.92. The van der Waals surface area contributed by atoms with Crippen LogP contribution in [-0.2, 0) is 6.54 Å². The van der Waals surface area contributed by atoms with Gasteiger partial charge in [-0.15, -0.1) is 0 Å². The van der Waals surface area contributed by atoms with Gasteiger partial charge in [0.2, 0.25) is 6.39 Å². The third-order valence-electron chi connectivity index (χ3n) is 1.84. The van der Waals surface area contributed by atoms with Gasteiger partial charge >= 0.3 is 0 Å². The highest BCUT2D eigenvalue weighted by molar-refractivity contribution is 5.92. The van der Waals surface area contributed by atoms with Crippen LogP contribution in [0.3, 0.4) is 0 Å². The van der Waals surface area contributed by atoms with E-state index in [4.69, 9.17) is 5.73 Å². The molecule has 0 aliphatic heterocycles. The monoisotopic (exact) mass is 217 g/mol. The lowest BCUT2D eigenvalue weighted by Crippen LogP contribution is -2.22. The number of nitrogens with two attached hydrogens (primary N) is 1. The maximum atomic E-state index is 5.68. The molecule has 1 aromatic heterocycles. The van der Waals surface area contributed by atoms with Gasteiger partial charge in [0.25, 0.3) is 0 Å². The molecule has 0 fully saturated rings. The lowest BCUT2D eigenvalue weighted by Gasteiger charge is -2.03. The van der Waals surface area contributed by atoms with Gasteiger partial charge in [-0.1, -0.05) is 23.4 Å². The number of rotatable bonds is 3. The molecule has 6 nitrogen and oxygen atoms in total. The van der Waals surface area contributed by atoms with E-state index in [0.717, 1.165) is 5.69 Å². The van der Waals surface area contributed by atoms with Gasteiger partial charge in [-0.2, -0.15) is 4.98 Å². The zero-order valence-corrected chi connectivity index (χ0v) is 8.50. The zero-order chi connectivity index (χ0) is 11.2. The van der Waals surface area contributed by atoms with E-state index in [1.807, 2.05) is 30.3 Å². The summed E-state index contributed by atoms with van der Waals surface area (Å²) in [7, 11) is 0. The number of para-hydroxylation sites is 1. The first-order valence-corrected chi connectivity index (χ1v) is 4.72. The maximum Gasteiger partial charge on any atom is 0.213 e. The summed E-state index contributed by atoms with van der Waals surface area (Å²) < 4.78 is 4.57. The van der Waals surface area contributed by atoms with E-state index in [1.165, 1.54) is 6.39 Å². The number of hydrogen-bond acceptors (Lipinski definition) is 4. The standard InChI is InChI=1S/C10H11N5O/c11-10(12-6-9-13-7-16-15-9)14-8-4-2-1-3-5-8/h1-5,7H,6H2,(H3,11,12,14). The average Bonchev–Trinajstić information content (AvgIpc) is 2.81. The zero-order valence-electron chi connectivity index (χ0n) is 8.50. The number of benzene rings is 1. The largest absolute Gasteiger partial charge is 0.370 e. The molecule has 0 saturated heterocycles. The van der Waals surface area contributed by atoms with Crippen molar-refractivity contribution >= 4 is 11.6 Å². The summed E-state index contributed by atoms with van der Waals surface area (Å²) in [5.74, 6) is 0.814. The van der Waals surface area contributed by atoms with Gasteiger partial charge in [0.15, 0.2) is 11.8 Å². The van der Waals surface area contributed by atoms with Crippen LogP contribution in [0.25, 0.3) is 0 Å². The van der Waals surface area contributed by atoms with E-state index in [2.05, 4.69) is 25.0 Å². The fraction of sp³-hybridized carbons (Fsp3) is 0.100. The molecule has 0 spiro atoms. The molecule has 0 aliphatic carbocycles. The molecule has 0 saturated carbocycles. The SMILES string of the molecule is NC(=NCc1ncon1)Nc1ccccc1. The Balaban J connectivity index is 1.93. The summed E-state index contributed by atoms with van der Waals surface area (Å²) in [5.41, 5.74) is 6.56. The number of aromatic nitrogens is 2. The van der Waals surface area contributed by atoms with Gasteiger partial charge in [0.1, 0.15) is 6.54 Å². The molecule has 0 unspecified atom stereocenters. The van der Waals surface area contributed by atoms with Crippen LogP contribution < -0.4 is 11.1 Å². The smallest absolute Gasteiger partial charge is 0.213 e. The van der Waals surface area contributed by atoms with E-state index in [-0.39, 0.29) is 0 Å². The molecule has 3 N–H and O–H groups in total. The van der Waals surface area contributed by atoms with Crippen LogP contribution in [-0.4, -0.2) is 16.1 Å². The van der Waals surface area contributed by atoms with Crippen molar-refractivity contribution in [2.45, 2.75) is 6.54 Å². The van der Waals surface area contributed by atoms with Crippen molar-refractivity contribution in [2.24, 2.45) is 10.7 Å². The van der Waals surface area contributed by atoms with Gasteiger partial charge in [-0.25, -0.2) is 4.99 Å². The summed E-state index contributed by atoms with van der Waals surface area (Å²) in [5, 5.41) is 6.56. The highest BCUT2D eigenvalue weighted by Gasteiger charge is 1.97. The first kappa shape index (κ1) is 10.2. The molecule has 16 heavy (non-hydrogen) atoms. The quantitative estimate of drug-likeness (QED) is 0.591. The maximum absolute atomic E-state index is 5.68. The number of nitrogens with zero attached hydrogens (tertiary/aromatic N) is 3. The lowest BCUT2D eigenvalue weighted by atomic mass is 10.3. The third-order valence-corrected chi connectivity index (χ3v) is 1.84. The highest BCUT2D eigenvalue weighted by atomic mass is 16.5. The lowest BCUT2D eigenvalue weighted by molar-refractivity contribution is 0.410. The van der Waals surface area contributed by atoms with Crippen LogP contribution >= 0.6 is 0 Å². The van der Waals surface area contributed by atoms with E-state index in [0.29, 0.717) is 18.3 Å². The summed E-state index contributed by atoms with van der Waals surface area (Å²) in [6.07, 6.45) is 1.26. The molecule has 0 atom stereocenters. The van der Waals surface area contributed by atoms with Crippen LogP contribution in [0.4, 0.5) is 5.69 Å². The summed E-state index contributed by atoms with van der Waals surface area (Å²) >= 11 is 0. The number of aliphatic imine (C=N–C) groups is 1. The molecule has 0 amide bonds. The topological polar surface area (TPSA) is 89.3 Å². The molecule has 0 bridgehead atoms. The van der Waals surface area contributed by atoms with Crippen LogP contribution in [0.2, 0.25) is 0 Å². The number of guanidine groups is 1. The van der Waals surface area contributed by atoms with Crippen LogP contribution in [0.15, 0.2) is 46.2 Å². The van der Waals surface area contributed by atoms with E-state index < -0.39 is 0 Å². The molecular weight excluding hydrogens is 206 g/mol. The van der Waals surface area contributed by atoms with Crippen molar-refractivity contribution in [3.05, 3.63) is 42.5 Å². The number of anilines is 1. The molecule has 1 aromatic carbocycles. The predicted molar refractivity (Wildman–Crippen MR) is 59.7 cm³/mol. The molecule has 1 heterocycles. The summed E-state index contributed by atoms with van der Waals surface area (Å²) in [6, 6.07) is 9.55. The van der Waals surface area contributed by atoms with Crippen molar-refractivity contribution in [1.82, 2.24) is 10.1 Å². The fourth-order valence-electron chi connectivity index (χ4n) is 1.13. The molecule has 6 heteroatoms. The first-order valence-electron chi connectivity index (χ1n) is 4.72. The first-order chi connectivity index (χ1) is 7.84. The van der Waals surface area contributed by atoms with Crippen molar-refractivity contribution in [3.8, 4) is 0 Å². The fourth-order valence-corrected chi connectivity index (χ4v) is 1.13. The van der Waals surface area contributed by atoms with Gasteiger partial charge < -0.3 is 15.6 Å². The van der Waals surface area contributed by atoms with Gasteiger partial charge in [0.05, 0.1) is 0 Å². The molecule has 2 aromatic rings. The van der Waals surface area contributed by atoms with E-state index in [1.54, 1.807) is 0 Å². The molecular formula is C10H11N5O. The number of nitrogens with one attached hydrogen (secondary N) is 1. The van der Waals surface area contributed by atoms with Crippen LogP contribution in [0.5, 0.6) is 0 Å². The molecule has 2 rings (SSSR count). The van der Waals surface area contributed by atoms with Crippen LogP contribution in [0, 0.1) is 0 Å². The minimum Gasteiger partial charge on any atom is -0.370 e. The minimum absolute atomic E-state index is 0.294. The summed E-state index contributed by atoms with van der Waals surface area (Å²) in [4.78, 5) is 7.89. The van der Waals surface area contributed by atoms with Crippen molar-refractivity contribution < 1.29 is 4.52 Å². The third kappa shape index (κ3) is 2.81. The van der Waals surface area contributed by atoms with Gasteiger partial charge in [-0.3, -0.25) is 0 Å². The Labute approximate surface area is 92.2 Å². The second-order valence-electron chi connectivity index (χ2n) is 3.04. The normalized spacial score (nSPS) is 11.4. The Bertz CT molecular complexity index is 451. The predicted octanol–water partition coefficient (Wildman–Crippen LogP) is 0.996.